The lowest BCUT2D eigenvalue weighted by atomic mass is 10.3. The second kappa shape index (κ2) is 8.48. The molecule has 0 atom stereocenters. The standard InChI is InChI=1S/C17H21ClN4O/c1-3-11-22(12-4-2)16(23)15-9-10-19-17(21-15)20-14-8-6-5-7-13(14)18/h5-10H,3-4,11-12H2,1-2H3,(H,19,20,21). The van der Waals surface area contributed by atoms with E-state index in [9.17, 15) is 4.79 Å². The number of amides is 1. The summed E-state index contributed by atoms with van der Waals surface area (Å²) >= 11 is 6.12. The maximum absolute atomic E-state index is 12.6. The monoisotopic (exact) mass is 332 g/mol. The van der Waals surface area contributed by atoms with Crippen LogP contribution < -0.4 is 5.32 Å². The van der Waals surface area contributed by atoms with E-state index in [2.05, 4.69) is 29.1 Å². The van der Waals surface area contributed by atoms with Gasteiger partial charge in [-0.15, -0.1) is 0 Å². The number of nitrogens with one attached hydrogen (secondary N) is 1. The van der Waals surface area contributed by atoms with Crippen LogP contribution in [-0.2, 0) is 0 Å². The topological polar surface area (TPSA) is 58.1 Å². The summed E-state index contributed by atoms with van der Waals surface area (Å²) in [5, 5.41) is 3.62. The molecule has 1 amide bonds. The SMILES string of the molecule is CCCN(CCC)C(=O)c1ccnc(Nc2ccccc2Cl)n1. The predicted molar refractivity (Wildman–Crippen MR) is 93.3 cm³/mol. The first-order chi connectivity index (χ1) is 11.2. The number of hydrogen-bond donors (Lipinski definition) is 1. The van der Waals surface area contributed by atoms with Crippen molar-refractivity contribution in [2.75, 3.05) is 18.4 Å². The number of hydrogen-bond acceptors (Lipinski definition) is 4. The minimum Gasteiger partial charge on any atom is -0.337 e. The molecule has 1 N–H and O–H groups in total. The quantitative estimate of drug-likeness (QED) is 0.828. The Labute approximate surface area is 141 Å². The maximum Gasteiger partial charge on any atom is 0.272 e. The number of benzene rings is 1. The van der Waals surface area contributed by atoms with Crippen molar-refractivity contribution in [3.05, 3.63) is 47.2 Å². The van der Waals surface area contributed by atoms with Crippen molar-refractivity contribution in [1.29, 1.82) is 0 Å². The zero-order valence-electron chi connectivity index (χ0n) is 13.4. The Bertz CT molecular complexity index is 657. The van der Waals surface area contributed by atoms with Gasteiger partial charge in [-0.05, 0) is 31.0 Å². The molecular weight excluding hydrogens is 312 g/mol. The van der Waals surface area contributed by atoms with E-state index in [1.54, 1.807) is 18.3 Å². The van der Waals surface area contributed by atoms with Crippen LogP contribution in [0.3, 0.4) is 0 Å². The fraction of sp³-hybridized carbons (Fsp3) is 0.353. The Morgan fingerprint density at radius 1 is 1.17 bits per heavy atom. The van der Waals surface area contributed by atoms with E-state index < -0.39 is 0 Å². The summed E-state index contributed by atoms with van der Waals surface area (Å²) in [6, 6.07) is 8.97. The van der Waals surface area contributed by atoms with E-state index >= 15 is 0 Å². The van der Waals surface area contributed by atoms with Gasteiger partial charge >= 0.3 is 0 Å². The molecule has 1 heterocycles. The van der Waals surface area contributed by atoms with Crippen molar-refractivity contribution in [3.63, 3.8) is 0 Å². The molecular formula is C17H21ClN4O. The van der Waals surface area contributed by atoms with Crippen LogP contribution in [0, 0.1) is 0 Å². The molecule has 0 aliphatic carbocycles. The smallest absolute Gasteiger partial charge is 0.272 e. The molecule has 0 aliphatic rings. The molecule has 0 bridgehead atoms. The van der Waals surface area contributed by atoms with E-state index in [0.717, 1.165) is 25.9 Å². The molecule has 23 heavy (non-hydrogen) atoms. The van der Waals surface area contributed by atoms with Crippen molar-refractivity contribution in [2.45, 2.75) is 26.7 Å². The average molecular weight is 333 g/mol. The zero-order valence-corrected chi connectivity index (χ0v) is 14.2. The summed E-state index contributed by atoms with van der Waals surface area (Å²) in [5.41, 5.74) is 1.09. The van der Waals surface area contributed by atoms with Gasteiger partial charge in [0.25, 0.3) is 5.91 Å². The molecule has 2 aromatic rings. The van der Waals surface area contributed by atoms with Crippen molar-refractivity contribution in [2.24, 2.45) is 0 Å². The predicted octanol–water partition coefficient (Wildman–Crippen LogP) is 4.14. The van der Waals surface area contributed by atoms with Gasteiger partial charge in [-0.3, -0.25) is 4.79 Å². The molecule has 1 aromatic heterocycles. The van der Waals surface area contributed by atoms with E-state index in [4.69, 9.17) is 11.6 Å². The number of para-hydroxylation sites is 1. The molecule has 0 saturated heterocycles. The van der Waals surface area contributed by atoms with E-state index in [1.807, 2.05) is 23.1 Å². The second-order valence-electron chi connectivity index (χ2n) is 5.16. The zero-order chi connectivity index (χ0) is 16.7. The van der Waals surface area contributed by atoms with Gasteiger partial charge in [0.05, 0.1) is 10.7 Å². The lowest BCUT2D eigenvalue weighted by molar-refractivity contribution is 0.0749. The maximum atomic E-state index is 12.6. The van der Waals surface area contributed by atoms with Gasteiger partial charge in [0.15, 0.2) is 0 Å². The van der Waals surface area contributed by atoms with Crippen LogP contribution in [0.1, 0.15) is 37.2 Å². The second-order valence-corrected chi connectivity index (χ2v) is 5.57. The Balaban J connectivity index is 2.18. The van der Waals surface area contributed by atoms with Gasteiger partial charge in [0.2, 0.25) is 5.95 Å². The molecule has 2 rings (SSSR count). The summed E-state index contributed by atoms with van der Waals surface area (Å²) in [6.45, 7) is 5.56. The number of carbonyl (C=O) groups is 1. The number of nitrogens with zero attached hydrogens (tertiary/aromatic N) is 3. The third-order valence-electron chi connectivity index (χ3n) is 3.27. The van der Waals surface area contributed by atoms with Crippen molar-refractivity contribution in [3.8, 4) is 0 Å². The number of rotatable bonds is 7. The third kappa shape index (κ3) is 4.66. The van der Waals surface area contributed by atoms with E-state index in [1.165, 1.54) is 0 Å². The number of anilines is 2. The molecule has 0 unspecified atom stereocenters. The number of halogens is 1. The van der Waals surface area contributed by atoms with E-state index in [0.29, 0.717) is 22.4 Å². The molecule has 0 saturated carbocycles. The van der Waals surface area contributed by atoms with Crippen LogP contribution in [0.2, 0.25) is 5.02 Å². The lowest BCUT2D eigenvalue weighted by Gasteiger charge is -2.21. The van der Waals surface area contributed by atoms with Gasteiger partial charge in [-0.1, -0.05) is 37.6 Å². The first-order valence-electron chi connectivity index (χ1n) is 7.79. The molecule has 5 nitrogen and oxygen atoms in total. The third-order valence-corrected chi connectivity index (χ3v) is 3.60. The van der Waals surface area contributed by atoms with Crippen LogP contribution in [-0.4, -0.2) is 33.9 Å². The minimum absolute atomic E-state index is 0.0710. The summed E-state index contributed by atoms with van der Waals surface area (Å²) in [5.74, 6) is 0.287. The fourth-order valence-electron chi connectivity index (χ4n) is 2.24. The Morgan fingerprint density at radius 3 is 2.52 bits per heavy atom. The average Bonchev–Trinajstić information content (AvgIpc) is 2.56. The van der Waals surface area contributed by atoms with Crippen LogP contribution in [0.25, 0.3) is 0 Å². The fourth-order valence-corrected chi connectivity index (χ4v) is 2.42. The summed E-state index contributed by atoms with van der Waals surface area (Å²) in [4.78, 5) is 22.9. The van der Waals surface area contributed by atoms with E-state index in [-0.39, 0.29) is 5.91 Å². The molecule has 1 aromatic carbocycles. The molecule has 0 fully saturated rings. The highest BCUT2D eigenvalue weighted by Crippen LogP contribution is 2.23. The van der Waals surface area contributed by atoms with Gasteiger partial charge in [-0.2, -0.15) is 0 Å². The van der Waals surface area contributed by atoms with Crippen LogP contribution >= 0.6 is 11.6 Å². The Morgan fingerprint density at radius 2 is 1.87 bits per heavy atom. The Kier molecular flexibility index (Phi) is 6.35. The summed E-state index contributed by atoms with van der Waals surface area (Å²) < 4.78 is 0. The van der Waals surface area contributed by atoms with Crippen LogP contribution in [0.5, 0.6) is 0 Å². The van der Waals surface area contributed by atoms with Crippen molar-refractivity contribution >= 4 is 29.1 Å². The van der Waals surface area contributed by atoms with Crippen LogP contribution in [0.15, 0.2) is 36.5 Å². The lowest BCUT2D eigenvalue weighted by Crippen LogP contribution is -2.33. The van der Waals surface area contributed by atoms with Crippen molar-refractivity contribution in [1.82, 2.24) is 14.9 Å². The summed E-state index contributed by atoms with van der Waals surface area (Å²) in [6.07, 6.45) is 3.42. The summed E-state index contributed by atoms with van der Waals surface area (Å²) in [7, 11) is 0. The normalized spacial score (nSPS) is 10.4. The minimum atomic E-state index is -0.0710. The number of aromatic nitrogens is 2. The first kappa shape index (κ1) is 17.2. The highest BCUT2D eigenvalue weighted by Gasteiger charge is 2.16. The molecule has 6 heteroatoms. The highest BCUT2D eigenvalue weighted by atomic mass is 35.5. The van der Waals surface area contributed by atoms with Crippen LogP contribution in [0.4, 0.5) is 11.6 Å². The largest absolute Gasteiger partial charge is 0.337 e. The van der Waals surface area contributed by atoms with Gasteiger partial charge in [0.1, 0.15) is 5.69 Å². The molecule has 0 aliphatic heterocycles. The molecule has 0 spiro atoms. The first-order valence-corrected chi connectivity index (χ1v) is 8.17. The number of carbonyl (C=O) groups excluding carboxylic acids is 1. The van der Waals surface area contributed by atoms with Gasteiger partial charge in [-0.25, -0.2) is 9.97 Å². The van der Waals surface area contributed by atoms with Gasteiger partial charge < -0.3 is 10.2 Å². The molecule has 122 valence electrons. The van der Waals surface area contributed by atoms with Gasteiger partial charge in [0, 0.05) is 19.3 Å². The Hall–Kier alpha value is -2.14. The molecule has 0 radical (unpaired) electrons. The van der Waals surface area contributed by atoms with Crippen molar-refractivity contribution < 1.29 is 4.79 Å². The highest BCUT2D eigenvalue weighted by molar-refractivity contribution is 6.33.